The van der Waals surface area contributed by atoms with E-state index in [-0.39, 0.29) is 0 Å². The molecule has 2 aromatic rings. The largest absolute Gasteiger partial charge is 0.349 e. The van der Waals surface area contributed by atoms with Crippen LogP contribution in [-0.4, -0.2) is 9.97 Å². The summed E-state index contributed by atoms with van der Waals surface area (Å²) in [6.07, 6.45) is 8.85. The van der Waals surface area contributed by atoms with E-state index in [4.69, 9.17) is 0 Å². The second kappa shape index (κ2) is 5.08. The van der Waals surface area contributed by atoms with Gasteiger partial charge in [-0.1, -0.05) is 32.0 Å². The second-order valence-corrected chi connectivity index (χ2v) is 6.82. The average Bonchev–Trinajstić information content (AvgIpc) is 2.84. The summed E-state index contributed by atoms with van der Waals surface area (Å²) in [5.41, 5.74) is 6.69. The average molecular weight is 268 g/mol. The normalized spacial score (nSPS) is 21.9. The number of benzene rings is 1. The van der Waals surface area contributed by atoms with Crippen LogP contribution < -0.4 is 0 Å². The topological polar surface area (TPSA) is 28.7 Å². The summed E-state index contributed by atoms with van der Waals surface area (Å²) >= 11 is 0. The summed E-state index contributed by atoms with van der Waals surface area (Å²) in [7, 11) is 0. The van der Waals surface area contributed by atoms with E-state index in [1.165, 1.54) is 25.7 Å². The van der Waals surface area contributed by atoms with E-state index in [9.17, 15) is 0 Å². The summed E-state index contributed by atoms with van der Waals surface area (Å²) in [6.45, 7) is 6.75. The number of aryl methyl sites for hydroxylation is 2. The zero-order chi connectivity index (χ0) is 14.2. The predicted molar refractivity (Wildman–Crippen MR) is 82.9 cm³/mol. The molecule has 2 heteroatoms. The van der Waals surface area contributed by atoms with Gasteiger partial charge >= 0.3 is 0 Å². The highest BCUT2D eigenvalue weighted by atomic mass is 14.8. The Kier molecular flexibility index (Phi) is 3.41. The Morgan fingerprint density at radius 1 is 1.25 bits per heavy atom. The molecule has 1 fully saturated rings. The maximum absolute atomic E-state index is 3.77. The lowest BCUT2D eigenvalue weighted by molar-refractivity contribution is 0.620. The van der Waals surface area contributed by atoms with Crippen LogP contribution in [0.3, 0.4) is 0 Å². The van der Waals surface area contributed by atoms with Crippen molar-refractivity contribution >= 4 is 0 Å². The number of nitrogens with zero attached hydrogens (tertiary/aromatic N) is 1. The van der Waals surface area contributed by atoms with Crippen molar-refractivity contribution in [1.29, 1.82) is 0 Å². The molecular formula is C18H24N2. The third-order valence-electron chi connectivity index (χ3n) is 4.71. The van der Waals surface area contributed by atoms with Gasteiger partial charge in [0.2, 0.25) is 0 Å². The first-order valence-corrected chi connectivity index (χ1v) is 7.63. The van der Waals surface area contributed by atoms with Crippen LogP contribution >= 0.6 is 0 Å². The molecule has 1 heterocycles. The molecule has 20 heavy (non-hydrogen) atoms. The number of fused-ring (bicyclic) bond motifs is 1. The maximum Gasteiger partial charge on any atom is 0.0921 e. The van der Waals surface area contributed by atoms with Crippen LogP contribution in [-0.2, 0) is 12.8 Å². The summed E-state index contributed by atoms with van der Waals surface area (Å²) in [4.78, 5) is 6.66. The van der Waals surface area contributed by atoms with Crippen LogP contribution in [0.1, 0.15) is 55.0 Å². The van der Waals surface area contributed by atoms with E-state index in [0.717, 1.165) is 11.6 Å². The fourth-order valence-electron chi connectivity index (χ4n) is 3.30. The number of aromatic amines is 1. The fourth-order valence-corrected chi connectivity index (χ4v) is 3.30. The number of rotatable bonds is 1. The molecule has 2 aliphatic carbocycles. The van der Waals surface area contributed by atoms with Crippen molar-refractivity contribution in [1.82, 2.24) is 9.97 Å². The lowest BCUT2D eigenvalue weighted by Crippen LogP contribution is -1.95. The molecule has 0 aliphatic heterocycles. The maximum atomic E-state index is 3.77. The lowest BCUT2D eigenvalue weighted by Gasteiger charge is -2.09. The molecule has 1 aromatic carbocycles. The van der Waals surface area contributed by atoms with Gasteiger partial charge in [0.25, 0.3) is 0 Å². The first-order chi connectivity index (χ1) is 9.58. The smallest absolute Gasteiger partial charge is 0.0921 e. The highest BCUT2D eigenvalue weighted by Crippen LogP contribution is 2.59. The van der Waals surface area contributed by atoms with E-state index in [2.05, 4.69) is 42.0 Å². The molecule has 1 saturated carbocycles. The summed E-state index contributed by atoms with van der Waals surface area (Å²) in [5.74, 6) is 0.857. The highest BCUT2D eigenvalue weighted by Gasteiger charge is 2.47. The summed E-state index contributed by atoms with van der Waals surface area (Å²) in [6, 6.07) is 6.94. The quantitative estimate of drug-likeness (QED) is 0.815. The molecule has 0 bridgehead atoms. The molecule has 1 aromatic heterocycles. The van der Waals surface area contributed by atoms with Crippen LogP contribution in [0.15, 0.2) is 30.7 Å². The van der Waals surface area contributed by atoms with Crippen LogP contribution in [0.25, 0.3) is 0 Å². The number of imidazole rings is 1. The predicted octanol–water partition coefficient (Wildman–Crippen LogP) is 4.41. The summed E-state index contributed by atoms with van der Waals surface area (Å²) in [5, 5.41) is 0. The van der Waals surface area contributed by atoms with Crippen molar-refractivity contribution < 1.29 is 0 Å². The molecule has 2 aliphatic rings. The number of hydrogen-bond acceptors (Lipinski definition) is 1. The molecule has 2 nitrogen and oxygen atoms in total. The van der Waals surface area contributed by atoms with Gasteiger partial charge in [0.15, 0.2) is 0 Å². The standard InChI is InChI=1S/C14H18.C4H6N2/c1-14(2)9-13(14)12-8-4-6-10-5-3-7-11(10)12;1-4-2-5-3-6-4/h4,6,8,13H,3,5,7,9H2,1-2H3;2-3H,1H3,(H,5,6)/t13-;/m0./s1. The van der Waals surface area contributed by atoms with Gasteiger partial charge in [-0.25, -0.2) is 4.98 Å². The van der Waals surface area contributed by atoms with E-state index in [1.54, 1.807) is 29.2 Å². The molecule has 0 unspecified atom stereocenters. The van der Waals surface area contributed by atoms with Crippen LogP contribution in [0, 0.1) is 12.3 Å². The molecule has 106 valence electrons. The van der Waals surface area contributed by atoms with E-state index >= 15 is 0 Å². The molecule has 0 saturated heterocycles. The van der Waals surface area contributed by atoms with E-state index in [0.29, 0.717) is 5.41 Å². The number of hydrogen-bond donors (Lipinski definition) is 1. The van der Waals surface area contributed by atoms with Gasteiger partial charge in [-0.05, 0) is 60.6 Å². The van der Waals surface area contributed by atoms with Gasteiger partial charge in [0.05, 0.1) is 6.33 Å². The minimum Gasteiger partial charge on any atom is -0.349 e. The highest BCUT2D eigenvalue weighted by molar-refractivity contribution is 5.43. The Morgan fingerprint density at radius 2 is 2.05 bits per heavy atom. The Labute approximate surface area is 121 Å². The molecular weight excluding hydrogens is 244 g/mol. The number of H-pyrrole nitrogens is 1. The van der Waals surface area contributed by atoms with Crippen molar-refractivity contribution in [3.8, 4) is 0 Å². The molecule has 0 amide bonds. The zero-order valence-electron chi connectivity index (χ0n) is 12.7. The Bertz CT molecular complexity index is 581. The molecule has 1 N–H and O–H groups in total. The third-order valence-corrected chi connectivity index (χ3v) is 4.71. The Balaban J connectivity index is 0.000000170. The monoisotopic (exact) mass is 268 g/mol. The number of nitrogens with one attached hydrogen (secondary N) is 1. The van der Waals surface area contributed by atoms with Crippen molar-refractivity contribution in [2.45, 2.75) is 52.4 Å². The minimum atomic E-state index is 0.581. The molecule has 4 rings (SSSR count). The zero-order valence-corrected chi connectivity index (χ0v) is 12.7. The SMILES string of the molecule is CC1(C)C[C@H]1c1cccc2c1CCC2.Cc1cnc[nH]1. The van der Waals surface area contributed by atoms with Crippen molar-refractivity contribution in [2.75, 3.05) is 0 Å². The first kappa shape index (κ1) is 13.4. The molecule has 0 spiro atoms. The van der Waals surface area contributed by atoms with Crippen molar-refractivity contribution in [3.63, 3.8) is 0 Å². The van der Waals surface area contributed by atoms with Gasteiger partial charge in [0, 0.05) is 11.9 Å². The Hall–Kier alpha value is -1.57. The van der Waals surface area contributed by atoms with Crippen molar-refractivity contribution in [2.24, 2.45) is 5.41 Å². The van der Waals surface area contributed by atoms with Crippen molar-refractivity contribution in [3.05, 3.63) is 53.1 Å². The first-order valence-electron chi connectivity index (χ1n) is 7.63. The minimum absolute atomic E-state index is 0.581. The third kappa shape index (κ3) is 2.65. The summed E-state index contributed by atoms with van der Waals surface area (Å²) < 4.78 is 0. The fraction of sp³-hybridized carbons (Fsp3) is 0.500. The molecule has 0 radical (unpaired) electrons. The van der Waals surface area contributed by atoms with Gasteiger partial charge in [-0.15, -0.1) is 0 Å². The number of aromatic nitrogens is 2. The van der Waals surface area contributed by atoms with Gasteiger partial charge in [-0.2, -0.15) is 0 Å². The molecule has 1 atom stereocenters. The van der Waals surface area contributed by atoms with Crippen LogP contribution in [0.4, 0.5) is 0 Å². The van der Waals surface area contributed by atoms with E-state index in [1.807, 2.05) is 6.92 Å². The van der Waals surface area contributed by atoms with Gasteiger partial charge < -0.3 is 4.98 Å². The van der Waals surface area contributed by atoms with E-state index < -0.39 is 0 Å². The second-order valence-electron chi connectivity index (χ2n) is 6.82. The lowest BCUT2D eigenvalue weighted by atomic mass is 9.96. The van der Waals surface area contributed by atoms with Gasteiger partial charge in [-0.3, -0.25) is 0 Å². The Morgan fingerprint density at radius 3 is 2.60 bits per heavy atom. The van der Waals surface area contributed by atoms with Gasteiger partial charge in [0.1, 0.15) is 0 Å². The van der Waals surface area contributed by atoms with Crippen LogP contribution in [0.2, 0.25) is 0 Å². The van der Waals surface area contributed by atoms with Crippen LogP contribution in [0.5, 0.6) is 0 Å².